The van der Waals surface area contributed by atoms with Crippen LogP contribution in [0.2, 0.25) is 0 Å². The van der Waals surface area contributed by atoms with Gasteiger partial charge in [0.25, 0.3) is 0 Å². The Labute approximate surface area is 218 Å². The van der Waals surface area contributed by atoms with Gasteiger partial charge in [0.1, 0.15) is 34.3 Å². The molecule has 0 radical (unpaired) electrons. The second-order valence-corrected chi connectivity index (χ2v) is 9.65. The van der Waals surface area contributed by atoms with Crippen LogP contribution in [0.25, 0.3) is 11.2 Å². The fourth-order valence-corrected chi connectivity index (χ4v) is 4.54. The SMILES string of the molecule is Cn1c(Nc2cc3n(n2)CCOC3(C)C)nc2ncc(Oc3ccnc(NC(=O)N4CCC4)c3)c(C#N)c21. The van der Waals surface area contributed by atoms with Gasteiger partial charge in [-0.15, -0.1) is 0 Å². The molecule has 0 saturated carbocycles. The summed E-state index contributed by atoms with van der Waals surface area (Å²) in [7, 11) is 1.79. The Hall–Kier alpha value is -4.70. The highest BCUT2D eigenvalue weighted by Crippen LogP contribution is 2.34. The number of hydrogen-bond acceptors (Lipinski definition) is 9. The molecule has 2 N–H and O–H groups in total. The molecule has 2 amide bonds. The van der Waals surface area contributed by atoms with E-state index in [1.807, 2.05) is 24.6 Å². The molecule has 13 nitrogen and oxygen atoms in total. The summed E-state index contributed by atoms with van der Waals surface area (Å²) in [4.78, 5) is 27.1. The van der Waals surface area contributed by atoms with Gasteiger partial charge in [-0.05, 0) is 26.3 Å². The molecule has 38 heavy (non-hydrogen) atoms. The van der Waals surface area contributed by atoms with E-state index in [-0.39, 0.29) is 17.3 Å². The zero-order valence-electron chi connectivity index (χ0n) is 21.2. The number of urea groups is 1. The molecular weight excluding hydrogens is 488 g/mol. The number of aryl methyl sites for hydroxylation is 1. The van der Waals surface area contributed by atoms with Gasteiger partial charge in [-0.2, -0.15) is 15.3 Å². The van der Waals surface area contributed by atoms with Crippen LogP contribution in [0.3, 0.4) is 0 Å². The van der Waals surface area contributed by atoms with Crippen LogP contribution in [0.15, 0.2) is 30.6 Å². The van der Waals surface area contributed by atoms with Crippen LogP contribution in [0, 0.1) is 11.3 Å². The average molecular weight is 515 g/mol. The Morgan fingerprint density at radius 3 is 2.79 bits per heavy atom. The quantitative estimate of drug-likeness (QED) is 0.408. The van der Waals surface area contributed by atoms with Crippen LogP contribution < -0.4 is 15.4 Å². The van der Waals surface area contributed by atoms with Crippen LogP contribution >= 0.6 is 0 Å². The average Bonchev–Trinajstić information content (AvgIpc) is 3.40. The third kappa shape index (κ3) is 4.14. The lowest BCUT2D eigenvalue weighted by Gasteiger charge is -2.30. The predicted molar refractivity (Wildman–Crippen MR) is 137 cm³/mol. The molecule has 0 unspecified atom stereocenters. The van der Waals surface area contributed by atoms with Crippen molar-refractivity contribution in [1.29, 1.82) is 5.26 Å². The van der Waals surface area contributed by atoms with Gasteiger partial charge < -0.3 is 24.3 Å². The molecule has 6 heterocycles. The largest absolute Gasteiger partial charge is 0.454 e. The minimum absolute atomic E-state index is 0.203. The molecule has 0 spiro atoms. The number of amides is 2. The molecule has 2 aliphatic heterocycles. The van der Waals surface area contributed by atoms with E-state index in [9.17, 15) is 10.1 Å². The molecule has 1 fully saturated rings. The van der Waals surface area contributed by atoms with E-state index in [1.54, 1.807) is 28.6 Å². The van der Waals surface area contributed by atoms with E-state index in [0.717, 1.165) is 25.2 Å². The molecule has 0 aromatic carbocycles. The third-order valence-corrected chi connectivity index (χ3v) is 6.72. The zero-order chi connectivity index (χ0) is 26.4. The fraction of sp³-hybridized carbons (Fsp3) is 0.360. The number of carbonyl (C=O) groups excluding carboxylic acids is 1. The van der Waals surface area contributed by atoms with Gasteiger partial charge in [-0.3, -0.25) is 10.00 Å². The molecular formula is C25H26N10O3. The number of ether oxygens (including phenoxy) is 2. The molecule has 2 aliphatic rings. The van der Waals surface area contributed by atoms with Crippen molar-refractivity contribution in [2.75, 3.05) is 30.3 Å². The number of anilines is 3. The summed E-state index contributed by atoms with van der Waals surface area (Å²) in [6.07, 6.45) is 3.99. The lowest BCUT2D eigenvalue weighted by molar-refractivity contribution is -0.0532. The summed E-state index contributed by atoms with van der Waals surface area (Å²) >= 11 is 0. The van der Waals surface area contributed by atoms with Gasteiger partial charge in [-0.1, -0.05) is 0 Å². The molecule has 0 atom stereocenters. The number of carbonyl (C=O) groups is 1. The van der Waals surface area contributed by atoms with E-state index in [1.165, 1.54) is 12.4 Å². The first-order valence-corrected chi connectivity index (χ1v) is 12.3. The summed E-state index contributed by atoms with van der Waals surface area (Å²) in [6, 6.07) is 7.21. The van der Waals surface area contributed by atoms with E-state index in [4.69, 9.17) is 9.47 Å². The smallest absolute Gasteiger partial charge is 0.323 e. The molecule has 6 rings (SSSR count). The summed E-state index contributed by atoms with van der Waals surface area (Å²) < 4.78 is 15.6. The number of imidazole rings is 1. The van der Waals surface area contributed by atoms with Crippen molar-refractivity contribution < 1.29 is 14.3 Å². The first kappa shape index (κ1) is 23.7. The molecule has 4 aromatic rings. The molecule has 0 bridgehead atoms. The van der Waals surface area contributed by atoms with Crippen molar-refractivity contribution in [3.63, 3.8) is 0 Å². The maximum Gasteiger partial charge on any atom is 0.323 e. The van der Waals surface area contributed by atoms with Crippen LogP contribution in [0.4, 0.5) is 22.4 Å². The van der Waals surface area contributed by atoms with Gasteiger partial charge >= 0.3 is 6.03 Å². The minimum Gasteiger partial charge on any atom is -0.454 e. The van der Waals surface area contributed by atoms with E-state index < -0.39 is 5.60 Å². The maximum atomic E-state index is 12.2. The second kappa shape index (κ2) is 9.00. The van der Waals surface area contributed by atoms with E-state index in [0.29, 0.717) is 47.6 Å². The monoisotopic (exact) mass is 514 g/mol. The predicted octanol–water partition coefficient (Wildman–Crippen LogP) is 3.47. The zero-order valence-corrected chi connectivity index (χ0v) is 21.2. The van der Waals surface area contributed by atoms with Crippen LogP contribution in [-0.4, -0.2) is 59.9 Å². The van der Waals surface area contributed by atoms with Gasteiger partial charge in [0.15, 0.2) is 17.2 Å². The highest BCUT2D eigenvalue weighted by atomic mass is 16.5. The number of nitrogens with one attached hydrogen (secondary N) is 2. The Balaban J connectivity index is 1.27. The Morgan fingerprint density at radius 1 is 1.21 bits per heavy atom. The lowest BCUT2D eigenvalue weighted by Crippen LogP contribution is -2.44. The Kier molecular flexibility index (Phi) is 5.61. The van der Waals surface area contributed by atoms with Crippen molar-refractivity contribution in [3.05, 3.63) is 41.9 Å². The summed E-state index contributed by atoms with van der Waals surface area (Å²) in [5.41, 5.74) is 1.71. The van der Waals surface area contributed by atoms with Crippen LogP contribution in [0.5, 0.6) is 11.5 Å². The number of hydrogen-bond donors (Lipinski definition) is 2. The van der Waals surface area contributed by atoms with Crippen LogP contribution in [0.1, 0.15) is 31.5 Å². The molecule has 194 valence electrons. The van der Waals surface area contributed by atoms with Crippen molar-refractivity contribution in [2.24, 2.45) is 7.05 Å². The number of nitriles is 1. The normalized spacial score (nSPS) is 15.9. The van der Waals surface area contributed by atoms with Gasteiger partial charge in [0, 0.05) is 38.5 Å². The van der Waals surface area contributed by atoms with Crippen molar-refractivity contribution in [1.82, 2.24) is 34.2 Å². The van der Waals surface area contributed by atoms with Crippen molar-refractivity contribution in [2.45, 2.75) is 32.4 Å². The van der Waals surface area contributed by atoms with Gasteiger partial charge in [-0.25, -0.2) is 14.8 Å². The van der Waals surface area contributed by atoms with Crippen LogP contribution in [-0.2, 0) is 23.9 Å². The summed E-state index contributed by atoms with van der Waals surface area (Å²) in [6.45, 7) is 6.74. The first-order valence-electron chi connectivity index (χ1n) is 12.3. The van der Waals surface area contributed by atoms with E-state index >= 15 is 0 Å². The molecule has 4 aromatic heterocycles. The number of rotatable bonds is 5. The molecule has 0 aliphatic carbocycles. The number of fused-ring (bicyclic) bond motifs is 2. The highest BCUT2D eigenvalue weighted by molar-refractivity contribution is 5.89. The molecule has 13 heteroatoms. The number of nitrogens with zero attached hydrogens (tertiary/aromatic N) is 8. The Bertz CT molecular complexity index is 1590. The standard InChI is InChI=1S/C25H26N10O3/c1-25(2)18-12-20(32-35(18)9-10-37-25)29-23-31-22-21(33(23)3)16(13-26)17(14-28-22)38-15-5-6-27-19(11-15)30-24(36)34-7-4-8-34/h5-6,11-12,14H,4,7-10H2,1-3H3,(H,27,30,36)(H,28,29,31,32). The number of pyridine rings is 2. The minimum atomic E-state index is -0.441. The van der Waals surface area contributed by atoms with Gasteiger partial charge in [0.05, 0.1) is 25.0 Å². The topological polar surface area (TPSA) is 148 Å². The van der Waals surface area contributed by atoms with Gasteiger partial charge in [0.2, 0.25) is 5.95 Å². The van der Waals surface area contributed by atoms with Crippen molar-refractivity contribution >= 4 is 34.8 Å². The van der Waals surface area contributed by atoms with Crippen molar-refractivity contribution in [3.8, 4) is 17.6 Å². The third-order valence-electron chi connectivity index (χ3n) is 6.72. The second-order valence-electron chi connectivity index (χ2n) is 9.65. The highest BCUT2D eigenvalue weighted by Gasteiger charge is 2.31. The molecule has 1 saturated heterocycles. The number of aromatic nitrogens is 6. The lowest BCUT2D eigenvalue weighted by atomic mass is 10.0. The Morgan fingerprint density at radius 2 is 2.05 bits per heavy atom. The summed E-state index contributed by atoms with van der Waals surface area (Å²) in [5, 5.41) is 20.7. The fourth-order valence-electron chi connectivity index (χ4n) is 4.54. The first-order chi connectivity index (χ1) is 18.3. The number of likely N-dealkylation sites (tertiary alicyclic amines) is 1. The van der Waals surface area contributed by atoms with E-state index in [2.05, 4.69) is 36.8 Å². The maximum absolute atomic E-state index is 12.2. The summed E-state index contributed by atoms with van der Waals surface area (Å²) in [5.74, 6) is 2.13.